The summed E-state index contributed by atoms with van der Waals surface area (Å²) in [7, 11) is 0. The smallest absolute Gasteiger partial charge is 0.220 e. The molecule has 1 unspecified atom stereocenters. The van der Waals surface area contributed by atoms with E-state index in [0.29, 0.717) is 6.54 Å². The zero-order valence-electron chi connectivity index (χ0n) is 7.75. The molecule has 1 heterocycles. The van der Waals surface area contributed by atoms with Crippen LogP contribution >= 0.6 is 11.6 Å². The lowest BCUT2D eigenvalue weighted by Gasteiger charge is -2.33. The van der Waals surface area contributed by atoms with Gasteiger partial charge in [-0.15, -0.1) is 11.6 Å². The van der Waals surface area contributed by atoms with Crippen molar-refractivity contribution in [3.63, 3.8) is 0 Å². The van der Waals surface area contributed by atoms with Gasteiger partial charge in [-0.25, -0.2) is 0 Å². The zero-order valence-corrected chi connectivity index (χ0v) is 8.51. The molecule has 4 heteroatoms. The molecule has 1 aliphatic rings. The lowest BCUT2D eigenvalue weighted by molar-refractivity contribution is -0.138. The Morgan fingerprint density at radius 3 is 2.69 bits per heavy atom. The number of nitrogens with zero attached hydrogens (tertiary/aromatic N) is 1. The van der Waals surface area contributed by atoms with Crippen LogP contribution in [0.5, 0.6) is 0 Å². The van der Waals surface area contributed by atoms with Gasteiger partial charge in [0.1, 0.15) is 0 Å². The highest BCUT2D eigenvalue weighted by Gasteiger charge is 2.29. The van der Waals surface area contributed by atoms with E-state index >= 15 is 0 Å². The van der Waals surface area contributed by atoms with Crippen molar-refractivity contribution in [1.82, 2.24) is 4.90 Å². The molecule has 0 N–H and O–H groups in total. The van der Waals surface area contributed by atoms with Crippen molar-refractivity contribution in [2.75, 3.05) is 12.4 Å². The first-order valence-electron chi connectivity index (χ1n) is 4.52. The van der Waals surface area contributed by atoms with Crippen molar-refractivity contribution >= 4 is 23.3 Å². The maximum atomic E-state index is 11.4. The third-order valence-corrected chi connectivity index (χ3v) is 2.67. The van der Waals surface area contributed by atoms with Crippen LogP contribution < -0.4 is 0 Å². The van der Waals surface area contributed by atoms with E-state index < -0.39 is 0 Å². The topological polar surface area (TPSA) is 37.4 Å². The lowest BCUT2D eigenvalue weighted by Crippen LogP contribution is -2.47. The van der Waals surface area contributed by atoms with Gasteiger partial charge in [-0.05, 0) is 19.3 Å². The van der Waals surface area contributed by atoms with E-state index in [1.807, 2.05) is 0 Å². The van der Waals surface area contributed by atoms with Crippen molar-refractivity contribution in [3.05, 3.63) is 0 Å². The fourth-order valence-electron chi connectivity index (χ4n) is 1.73. The van der Waals surface area contributed by atoms with Crippen molar-refractivity contribution < 1.29 is 9.59 Å². The van der Waals surface area contributed by atoms with Gasteiger partial charge < -0.3 is 4.90 Å². The minimum Gasteiger partial charge on any atom is -0.333 e. The molecule has 1 saturated heterocycles. The quantitative estimate of drug-likeness (QED) is 0.633. The number of halogens is 1. The number of piperidine rings is 1. The van der Waals surface area contributed by atoms with E-state index in [0.717, 1.165) is 19.3 Å². The monoisotopic (exact) mass is 203 g/mol. The van der Waals surface area contributed by atoms with Gasteiger partial charge in [-0.2, -0.15) is 0 Å². The van der Waals surface area contributed by atoms with Crippen LogP contribution in [0.2, 0.25) is 0 Å². The summed E-state index contributed by atoms with van der Waals surface area (Å²) in [5, 5.41) is 0. The van der Waals surface area contributed by atoms with Crippen molar-refractivity contribution in [3.8, 4) is 0 Å². The third kappa shape index (κ3) is 2.44. The van der Waals surface area contributed by atoms with Gasteiger partial charge in [0, 0.05) is 13.5 Å². The van der Waals surface area contributed by atoms with E-state index in [1.54, 1.807) is 4.90 Å². The number of likely N-dealkylation sites (tertiary alicyclic amines) is 1. The highest BCUT2D eigenvalue weighted by atomic mass is 35.5. The molecule has 13 heavy (non-hydrogen) atoms. The second-order valence-electron chi connectivity index (χ2n) is 3.32. The van der Waals surface area contributed by atoms with Gasteiger partial charge >= 0.3 is 0 Å². The summed E-state index contributed by atoms with van der Waals surface area (Å²) >= 11 is 5.47. The second-order valence-corrected chi connectivity index (χ2v) is 3.59. The highest BCUT2D eigenvalue weighted by molar-refractivity contribution is 6.28. The summed E-state index contributed by atoms with van der Waals surface area (Å²) in [5.74, 6) is -0.0474. The Morgan fingerprint density at radius 2 is 2.15 bits per heavy atom. The average molecular weight is 204 g/mol. The van der Waals surface area contributed by atoms with E-state index in [1.165, 1.54) is 6.92 Å². The van der Waals surface area contributed by atoms with Crippen LogP contribution in [0.25, 0.3) is 0 Å². The van der Waals surface area contributed by atoms with Crippen LogP contribution in [0, 0.1) is 0 Å². The molecular weight excluding hydrogens is 190 g/mol. The Hall–Kier alpha value is -0.570. The first-order valence-corrected chi connectivity index (χ1v) is 5.06. The number of carbonyl (C=O) groups excluding carboxylic acids is 2. The second kappa shape index (κ2) is 4.61. The molecule has 0 bridgehead atoms. The Kier molecular flexibility index (Phi) is 3.72. The summed E-state index contributed by atoms with van der Waals surface area (Å²) in [4.78, 5) is 24.1. The predicted molar refractivity (Wildman–Crippen MR) is 50.8 cm³/mol. The van der Waals surface area contributed by atoms with Crippen molar-refractivity contribution in [2.24, 2.45) is 0 Å². The molecule has 0 spiro atoms. The summed E-state index contributed by atoms with van der Waals surface area (Å²) in [6, 6.07) is -0.260. The maximum absolute atomic E-state index is 11.4. The highest BCUT2D eigenvalue weighted by Crippen LogP contribution is 2.18. The Balaban J connectivity index is 2.67. The first-order chi connectivity index (χ1) is 6.16. The molecule has 0 aromatic carbocycles. The van der Waals surface area contributed by atoms with Gasteiger partial charge in [-0.1, -0.05) is 0 Å². The van der Waals surface area contributed by atoms with E-state index in [9.17, 15) is 9.59 Å². The van der Waals surface area contributed by atoms with Crippen LogP contribution in [0.1, 0.15) is 26.2 Å². The molecule has 0 aliphatic carbocycles. The SMILES string of the molecule is CC(=O)N1CCCCC1C(=O)CCl. The van der Waals surface area contributed by atoms with Crippen molar-refractivity contribution in [1.29, 1.82) is 0 Å². The molecule has 0 saturated carbocycles. The lowest BCUT2D eigenvalue weighted by atomic mass is 9.99. The molecule has 1 atom stereocenters. The Morgan fingerprint density at radius 1 is 1.46 bits per heavy atom. The van der Waals surface area contributed by atoms with Crippen LogP contribution in [0.3, 0.4) is 0 Å². The largest absolute Gasteiger partial charge is 0.333 e. The molecule has 3 nitrogen and oxygen atoms in total. The van der Waals surface area contributed by atoms with Gasteiger partial charge in [-0.3, -0.25) is 9.59 Å². The summed E-state index contributed by atoms with van der Waals surface area (Å²) in [6.45, 7) is 2.20. The normalized spacial score (nSPS) is 22.9. The maximum Gasteiger partial charge on any atom is 0.220 e. The minimum absolute atomic E-state index is 0.00838. The Labute approximate surface area is 83.0 Å². The average Bonchev–Trinajstić information content (AvgIpc) is 2.16. The fraction of sp³-hybridized carbons (Fsp3) is 0.778. The number of amides is 1. The summed E-state index contributed by atoms with van der Waals surface area (Å²) < 4.78 is 0. The van der Waals surface area contributed by atoms with Gasteiger partial charge in [0.05, 0.1) is 11.9 Å². The van der Waals surface area contributed by atoms with Gasteiger partial charge in [0.15, 0.2) is 5.78 Å². The number of ketones is 1. The van der Waals surface area contributed by atoms with Gasteiger partial charge in [0.2, 0.25) is 5.91 Å². The fourth-order valence-corrected chi connectivity index (χ4v) is 1.91. The molecular formula is C9H14ClNO2. The van der Waals surface area contributed by atoms with E-state index in [4.69, 9.17) is 11.6 Å². The van der Waals surface area contributed by atoms with Gasteiger partial charge in [0.25, 0.3) is 0 Å². The molecule has 1 fully saturated rings. The molecule has 1 rings (SSSR count). The number of Topliss-reactive ketones (excluding diaryl/α,β-unsaturated/α-hetero) is 1. The summed E-state index contributed by atoms with van der Waals surface area (Å²) in [6.07, 6.45) is 2.77. The number of hydrogen-bond acceptors (Lipinski definition) is 2. The summed E-state index contributed by atoms with van der Waals surface area (Å²) in [5.41, 5.74) is 0. The van der Waals surface area contributed by atoms with Crippen LogP contribution in [-0.4, -0.2) is 35.1 Å². The minimum atomic E-state index is -0.260. The molecule has 1 amide bonds. The molecule has 1 aliphatic heterocycles. The first kappa shape index (κ1) is 10.5. The molecule has 0 radical (unpaired) electrons. The molecule has 74 valence electrons. The Bertz CT molecular complexity index is 218. The zero-order chi connectivity index (χ0) is 9.84. The van der Waals surface area contributed by atoms with Crippen LogP contribution in [0.4, 0.5) is 0 Å². The van der Waals surface area contributed by atoms with Crippen LogP contribution in [0.15, 0.2) is 0 Å². The van der Waals surface area contributed by atoms with Crippen molar-refractivity contribution in [2.45, 2.75) is 32.2 Å². The standard InChI is InChI=1S/C9H14ClNO2/c1-7(12)11-5-3-2-4-8(11)9(13)6-10/h8H,2-6H2,1H3. The number of hydrogen-bond donors (Lipinski definition) is 0. The number of alkyl halides is 1. The van der Waals surface area contributed by atoms with E-state index in [-0.39, 0.29) is 23.6 Å². The van der Waals surface area contributed by atoms with Crippen LogP contribution in [-0.2, 0) is 9.59 Å². The third-order valence-electron chi connectivity index (χ3n) is 2.41. The number of rotatable bonds is 2. The molecule has 0 aromatic heterocycles. The number of carbonyl (C=O) groups is 2. The van der Waals surface area contributed by atoms with E-state index in [2.05, 4.69) is 0 Å². The predicted octanol–water partition coefficient (Wildman–Crippen LogP) is 1.20. The molecule has 0 aromatic rings.